The first-order valence-corrected chi connectivity index (χ1v) is 7.34. The molecule has 0 saturated carbocycles. The second-order valence-corrected chi connectivity index (χ2v) is 5.65. The van der Waals surface area contributed by atoms with Gasteiger partial charge < -0.3 is 5.11 Å². The maximum atomic E-state index is 10.2. The summed E-state index contributed by atoms with van der Waals surface area (Å²) >= 11 is 0. The zero-order chi connectivity index (χ0) is 14.5. The van der Waals surface area contributed by atoms with Crippen molar-refractivity contribution in [3.8, 4) is 0 Å². The molecule has 2 fully saturated rings. The zero-order valence-corrected chi connectivity index (χ0v) is 12.3. The Morgan fingerprint density at radius 2 is 1.90 bits per heavy atom. The van der Waals surface area contributed by atoms with Gasteiger partial charge in [0.15, 0.2) is 0 Å². The molecule has 4 heteroatoms. The van der Waals surface area contributed by atoms with Crippen LogP contribution < -0.4 is 0 Å². The Kier molecular flexibility index (Phi) is 5.15. The number of carboxylic acid groups (broad SMARTS) is 1. The molecule has 4 nitrogen and oxygen atoms in total. The standard InChI is InChI=1S/C9H18N2.C7H6O2/c1-8-5-7-10(2)9-4-3-6-11(8)9;8-7(9)6-4-2-1-3-5-6/h8-9H,3-7H2,1-2H3;1-5H,(H,8,9). The number of hydrogen-bond acceptors (Lipinski definition) is 3. The van der Waals surface area contributed by atoms with Crippen molar-refractivity contribution in [2.75, 3.05) is 20.1 Å². The quantitative estimate of drug-likeness (QED) is 0.856. The maximum Gasteiger partial charge on any atom is 0.335 e. The molecule has 1 N–H and O–H groups in total. The van der Waals surface area contributed by atoms with Gasteiger partial charge in [-0.15, -0.1) is 0 Å². The minimum atomic E-state index is -0.879. The molecular formula is C16H24N2O2. The average Bonchev–Trinajstić information content (AvgIpc) is 2.95. The largest absolute Gasteiger partial charge is 0.478 e. The third-order valence-electron chi connectivity index (χ3n) is 4.26. The van der Waals surface area contributed by atoms with Crippen molar-refractivity contribution in [3.05, 3.63) is 35.9 Å². The summed E-state index contributed by atoms with van der Waals surface area (Å²) in [5, 5.41) is 8.38. The molecule has 0 bridgehead atoms. The van der Waals surface area contributed by atoms with Crippen LogP contribution in [0.25, 0.3) is 0 Å². The van der Waals surface area contributed by atoms with E-state index in [9.17, 15) is 4.79 Å². The van der Waals surface area contributed by atoms with Gasteiger partial charge in [-0.1, -0.05) is 18.2 Å². The molecule has 2 atom stereocenters. The van der Waals surface area contributed by atoms with Crippen LogP contribution in [0.2, 0.25) is 0 Å². The third kappa shape index (κ3) is 3.58. The molecule has 2 aliphatic rings. The number of carboxylic acids is 1. The predicted molar refractivity (Wildman–Crippen MR) is 79.8 cm³/mol. The molecular weight excluding hydrogens is 252 g/mol. The van der Waals surface area contributed by atoms with Gasteiger partial charge >= 0.3 is 5.97 Å². The zero-order valence-electron chi connectivity index (χ0n) is 12.3. The first-order chi connectivity index (χ1) is 9.59. The van der Waals surface area contributed by atoms with Crippen LogP contribution in [0.4, 0.5) is 0 Å². The molecule has 3 rings (SSSR count). The summed E-state index contributed by atoms with van der Waals surface area (Å²) in [7, 11) is 2.26. The van der Waals surface area contributed by atoms with E-state index in [4.69, 9.17) is 5.11 Å². The number of benzene rings is 1. The highest BCUT2D eigenvalue weighted by atomic mass is 16.4. The van der Waals surface area contributed by atoms with Gasteiger partial charge in [0.05, 0.1) is 11.7 Å². The molecule has 1 aromatic carbocycles. The highest BCUT2D eigenvalue weighted by Crippen LogP contribution is 2.27. The first kappa shape index (κ1) is 15.0. The van der Waals surface area contributed by atoms with Crippen LogP contribution in [-0.2, 0) is 0 Å². The highest BCUT2D eigenvalue weighted by Gasteiger charge is 2.34. The molecule has 0 aromatic heterocycles. The Labute approximate surface area is 121 Å². The van der Waals surface area contributed by atoms with Crippen LogP contribution in [0, 0.1) is 0 Å². The average molecular weight is 276 g/mol. The van der Waals surface area contributed by atoms with E-state index in [1.54, 1.807) is 30.3 Å². The molecule has 0 spiro atoms. The van der Waals surface area contributed by atoms with Crippen LogP contribution in [-0.4, -0.2) is 53.2 Å². The highest BCUT2D eigenvalue weighted by molar-refractivity contribution is 5.87. The Bertz CT molecular complexity index is 419. The van der Waals surface area contributed by atoms with Crippen molar-refractivity contribution >= 4 is 5.97 Å². The molecule has 2 aliphatic heterocycles. The van der Waals surface area contributed by atoms with Crippen molar-refractivity contribution in [1.29, 1.82) is 0 Å². The normalized spacial score (nSPS) is 26.5. The van der Waals surface area contributed by atoms with Crippen molar-refractivity contribution in [2.45, 2.75) is 38.4 Å². The van der Waals surface area contributed by atoms with Crippen LogP contribution in [0.3, 0.4) is 0 Å². The van der Waals surface area contributed by atoms with E-state index in [2.05, 4.69) is 23.8 Å². The Balaban J connectivity index is 0.000000151. The van der Waals surface area contributed by atoms with Gasteiger partial charge in [-0.25, -0.2) is 4.79 Å². The monoisotopic (exact) mass is 276 g/mol. The van der Waals surface area contributed by atoms with Crippen LogP contribution in [0.15, 0.2) is 30.3 Å². The van der Waals surface area contributed by atoms with E-state index >= 15 is 0 Å². The van der Waals surface area contributed by atoms with E-state index < -0.39 is 5.97 Å². The summed E-state index contributed by atoms with van der Waals surface area (Å²) in [5.41, 5.74) is 0.331. The van der Waals surface area contributed by atoms with E-state index in [0.717, 1.165) is 12.2 Å². The van der Waals surface area contributed by atoms with Crippen molar-refractivity contribution in [1.82, 2.24) is 9.80 Å². The molecule has 2 saturated heterocycles. The van der Waals surface area contributed by atoms with E-state index in [1.807, 2.05) is 0 Å². The van der Waals surface area contributed by atoms with E-state index in [-0.39, 0.29) is 0 Å². The molecule has 0 amide bonds. The molecule has 110 valence electrons. The molecule has 1 aromatic rings. The fourth-order valence-corrected chi connectivity index (χ4v) is 3.05. The molecule has 20 heavy (non-hydrogen) atoms. The minimum absolute atomic E-state index is 0.331. The predicted octanol–water partition coefficient (Wildman–Crippen LogP) is 2.52. The summed E-state index contributed by atoms with van der Waals surface area (Å²) < 4.78 is 0. The van der Waals surface area contributed by atoms with Crippen molar-refractivity contribution < 1.29 is 9.90 Å². The second kappa shape index (κ2) is 6.86. The molecule has 0 radical (unpaired) electrons. The van der Waals surface area contributed by atoms with Gasteiger partial charge in [-0.2, -0.15) is 0 Å². The van der Waals surface area contributed by atoms with Gasteiger partial charge in [-0.05, 0) is 45.4 Å². The number of fused-ring (bicyclic) bond motifs is 1. The second-order valence-electron chi connectivity index (χ2n) is 5.65. The van der Waals surface area contributed by atoms with Crippen molar-refractivity contribution in [3.63, 3.8) is 0 Å². The maximum absolute atomic E-state index is 10.2. The summed E-state index contributed by atoms with van der Waals surface area (Å²) in [6.45, 7) is 4.99. The van der Waals surface area contributed by atoms with Gasteiger partial charge in [0.1, 0.15) is 0 Å². The lowest BCUT2D eigenvalue weighted by molar-refractivity contribution is 0.0188. The van der Waals surface area contributed by atoms with E-state index in [1.165, 1.54) is 32.4 Å². The fraction of sp³-hybridized carbons (Fsp3) is 0.562. The minimum Gasteiger partial charge on any atom is -0.478 e. The van der Waals surface area contributed by atoms with Gasteiger partial charge in [0.25, 0.3) is 0 Å². The van der Waals surface area contributed by atoms with E-state index in [0.29, 0.717) is 5.56 Å². The summed E-state index contributed by atoms with van der Waals surface area (Å²) in [6, 6.07) is 9.13. The fourth-order valence-electron chi connectivity index (χ4n) is 3.05. The van der Waals surface area contributed by atoms with Gasteiger partial charge in [0, 0.05) is 19.1 Å². The number of rotatable bonds is 1. The summed E-state index contributed by atoms with van der Waals surface area (Å²) in [6.07, 6.45) is 4.92. The topological polar surface area (TPSA) is 43.8 Å². The van der Waals surface area contributed by atoms with Gasteiger partial charge in [-0.3, -0.25) is 9.80 Å². The number of carbonyl (C=O) groups is 1. The Morgan fingerprint density at radius 3 is 2.45 bits per heavy atom. The lowest BCUT2D eigenvalue weighted by atomic mass is 10.1. The smallest absolute Gasteiger partial charge is 0.335 e. The Morgan fingerprint density at radius 1 is 1.20 bits per heavy atom. The molecule has 0 aliphatic carbocycles. The van der Waals surface area contributed by atoms with Crippen LogP contribution >= 0.6 is 0 Å². The summed E-state index contributed by atoms with van der Waals surface area (Å²) in [4.78, 5) is 15.4. The third-order valence-corrected chi connectivity index (χ3v) is 4.26. The summed E-state index contributed by atoms with van der Waals surface area (Å²) in [5.74, 6) is -0.879. The van der Waals surface area contributed by atoms with Gasteiger partial charge in [0.2, 0.25) is 0 Å². The number of aromatic carboxylic acids is 1. The number of nitrogens with zero attached hydrogens (tertiary/aromatic N) is 2. The lowest BCUT2D eigenvalue weighted by Gasteiger charge is -2.41. The molecule has 2 heterocycles. The Hall–Kier alpha value is -1.39. The van der Waals surface area contributed by atoms with Crippen molar-refractivity contribution in [2.24, 2.45) is 0 Å². The first-order valence-electron chi connectivity index (χ1n) is 7.34. The SMILES string of the molecule is CC1CCN(C)C2CCCN12.O=C(O)c1ccccc1. The van der Waals surface area contributed by atoms with Crippen LogP contribution in [0.5, 0.6) is 0 Å². The van der Waals surface area contributed by atoms with Crippen LogP contribution in [0.1, 0.15) is 36.5 Å². The lowest BCUT2D eigenvalue weighted by Crippen LogP contribution is -2.52. The number of hydrogen-bond donors (Lipinski definition) is 1. The molecule has 2 unspecified atom stereocenters.